The summed E-state index contributed by atoms with van der Waals surface area (Å²) in [6.45, 7) is 0. The van der Waals surface area contributed by atoms with E-state index in [0.717, 1.165) is 12.8 Å². The largest absolute Gasteiger partial charge is 0.245 e. The van der Waals surface area contributed by atoms with Gasteiger partial charge in [0.1, 0.15) is 11.0 Å². The normalized spacial score (nSPS) is 16.1. The van der Waals surface area contributed by atoms with Crippen molar-refractivity contribution in [3.63, 3.8) is 0 Å². The van der Waals surface area contributed by atoms with Gasteiger partial charge in [0.15, 0.2) is 5.69 Å². The molecule has 0 aromatic carbocycles. The first-order valence-electron chi connectivity index (χ1n) is 4.90. The van der Waals surface area contributed by atoms with Gasteiger partial charge in [-0.25, -0.2) is 13.4 Å². The highest BCUT2D eigenvalue weighted by atomic mass is 32.2. The summed E-state index contributed by atoms with van der Waals surface area (Å²) in [7, 11) is -2.03. The van der Waals surface area contributed by atoms with Gasteiger partial charge in [-0.1, -0.05) is 0 Å². The Labute approximate surface area is 94.4 Å². The number of sulfonamides is 1. The number of nitriles is 1. The first-order valence-corrected chi connectivity index (χ1v) is 6.34. The first kappa shape index (κ1) is 11.0. The Morgan fingerprint density at radius 3 is 2.81 bits per heavy atom. The minimum absolute atomic E-state index is 0.00750. The van der Waals surface area contributed by atoms with E-state index in [9.17, 15) is 8.42 Å². The average Bonchev–Trinajstić information content (AvgIpc) is 3.11. The van der Waals surface area contributed by atoms with Gasteiger partial charge in [0, 0.05) is 19.3 Å². The van der Waals surface area contributed by atoms with E-state index in [4.69, 9.17) is 5.26 Å². The molecule has 0 aliphatic heterocycles. The molecule has 16 heavy (non-hydrogen) atoms. The van der Waals surface area contributed by atoms with Crippen molar-refractivity contribution in [3.05, 3.63) is 24.0 Å². The first-order chi connectivity index (χ1) is 7.57. The van der Waals surface area contributed by atoms with Gasteiger partial charge in [0.05, 0.1) is 0 Å². The summed E-state index contributed by atoms with van der Waals surface area (Å²) in [5.41, 5.74) is -0.0463. The van der Waals surface area contributed by atoms with Gasteiger partial charge in [-0.3, -0.25) is 0 Å². The van der Waals surface area contributed by atoms with Crippen LogP contribution in [0.2, 0.25) is 0 Å². The molecule has 0 N–H and O–H groups in total. The highest BCUT2D eigenvalue weighted by Gasteiger charge is 2.36. The van der Waals surface area contributed by atoms with Crippen molar-refractivity contribution < 1.29 is 8.42 Å². The van der Waals surface area contributed by atoms with E-state index in [1.54, 1.807) is 13.1 Å². The van der Waals surface area contributed by atoms with Crippen LogP contribution in [0.5, 0.6) is 0 Å². The summed E-state index contributed by atoms with van der Waals surface area (Å²) in [5.74, 6) is 0. The summed E-state index contributed by atoms with van der Waals surface area (Å²) in [5, 5.41) is 8.82. The monoisotopic (exact) mass is 237 g/mol. The van der Waals surface area contributed by atoms with Gasteiger partial charge < -0.3 is 0 Å². The Balaban J connectivity index is 2.47. The molecule has 0 bridgehead atoms. The van der Waals surface area contributed by atoms with Gasteiger partial charge in [-0.05, 0) is 25.0 Å². The van der Waals surface area contributed by atoms with E-state index in [-0.39, 0.29) is 16.6 Å². The summed E-state index contributed by atoms with van der Waals surface area (Å²) in [6.07, 6.45) is 3.18. The van der Waals surface area contributed by atoms with Crippen molar-refractivity contribution >= 4 is 10.0 Å². The zero-order valence-electron chi connectivity index (χ0n) is 8.79. The van der Waals surface area contributed by atoms with Crippen molar-refractivity contribution in [3.8, 4) is 6.07 Å². The Kier molecular flexibility index (Phi) is 2.66. The van der Waals surface area contributed by atoms with E-state index in [2.05, 4.69) is 4.98 Å². The maximum absolute atomic E-state index is 12.1. The van der Waals surface area contributed by atoms with Gasteiger partial charge in [-0.2, -0.15) is 9.57 Å². The maximum atomic E-state index is 12.1. The van der Waals surface area contributed by atoms with E-state index in [1.165, 1.54) is 22.6 Å². The van der Waals surface area contributed by atoms with Gasteiger partial charge in [-0.15, -0.1) is 0 Å². The van der Waals surface area contributed by atoms with Crippen LogP contribution in [-0.2, 0) is 10.0 Å². The number of hydrogen-bond acceptors (Lipinski definition) is 4. The topological polar surface area (TPSA) is 74.1 Å². The molecule has 1 aromatic rings. The van der Waals surface area contributed by atoms with Crippen LogP contribution in [0, 0.1) is 11.3 Å². The maximum Gasteiger partial charge on any atom is 0.245 e. The second-order valence-electron chi connectivity index (χ2n) is 3.71. The molecule has 2 rings (SSSR count). The van der Waals surface area contributed by atoms with Crippen molar-refractivity contribution in [1.82, 2.24) is 9.29 Å². The number of pyridine rings is 1. The zero-order valence-corrected chi connectivity index (χ0v) is 9.61. The molecule has 0 atom stereocenters. The Morgan fingerprint density at radius 1 is 1.56 bits per heavy atom. The van der Waals surface area contributed by atoms with Crippen molar-refractivity contribution in [2.24, 2.45) is 0 Å². The van der Waals surface area contributed by atoms with Crippen LogP contribution in [0.4, 0.5) is 0 Å². The molecule has 1 aliphatic carbocycles. The van der Waals surface area contributed by atoms with Crippen LogP contribution in [0.25, 0.3) is 0 Å². The Bertz CT molecular complexity index is 543. The molecule has 1 fully saturated rings. The highest BCUT2D eigenvalue weighted by Crippen LogP contribution is 2.30. The summed E-state index contributed by atoms with van der Waals surface area (Å²) >= 11 is 0. The molecular formula is C10H11N3O2S. The van der Waals surface area contributed by atoms with Crippen molar-refractivity contribution in [2.75, 3.05) is 7.05 Å². The fourth-order valence-corrected chi connectivity index (χ4v) is 2.98. The van der Waals surface area contributed by atoms with E-state index in [1.807, 2.05) is 0 Å². The third-order valence-corrected chi connectivity index (χ3v) is 4.54. The molecule has 1 heterocycles. The predicted molar refractivity (Wildman–Crippen MR) is 56.9 cm³/mol. The molecule has 0 unspecified atom stereocenters. The molecule has 0 spiro atoms. The molecular weight excluding hydrogens is 226 g/mol. The lowest BCUT2D eigenvalue weighted by atomic mass is 10.4. The lowest BCUT2D eigenvalue weighted by Gasteiger charge is -2.16. The summed E-state index contributed by atoms with van der Waals surface area (Å²) < 4.78 is 25.6. The van der Waals surface area contributed by atoms with Crippen molar-refractivity contribution in [1.29, 1.82) is 5.26 Å². The predicted octanol–water partition coefficient (Wildman–Crippen LogP) is 0.736. The van der Waals surface area contributed by atoms with Crippen LogP contribution in [0.3, 0.4) is 0 Å². The zero-order chi connectivity index (χ0) is 11.8. The van der Waals surface area contributed by atoms with Gasteiger partial charge in [0.2, 0.25) is 10.0 Å². The highest BCUT2D eigenvalue weighted by molar-refractivity contribution is 7.89. The van der Waals surface area contributed by atoms with Crippen LogP contribution < -0.4 is 0 Å². The molecule has 0 radical (unpaired) electrons. The number of hydrogen-bond donors (Lipinski definition) is 0. The lowest BCUT2D eigenvalue weighted by Crippen LogP contribution is -2.29. The fraction of sp³-hybridized carbons (Fsp3) is 0.400. The van der Waals surface area contributed by atoms with E-state index >= 15 is 0 Å². The second kappa shape index (κ2) is 3.85. The van der Waals surface area contributed by atoms with Gasteiger partial charge in [0.25, 0.3) is 0 Å². The van der Waals surface area contributed by atoms with Crippen LogP contribution in [0.15, 0.2) is 23.2 Å². The Morgan fingerprint density at radius 2 is 2.25 bits per heavy atom. The third kappa shape index (κ3) is 1.79. The van der Waals surface area contributed by atoms with E-state index < -0.39 is 10.0 Å². The molecule has 0 saturated heterocycles. The molecule has 1 aromatic heterocycles. The lowest BCUT2D eigenvalue weighted by molar-refractivity contribution is 0.463. The molecule has 6 heteroatoms. The summed E-state index contributed by atoms with van der Waals surface area (Å²) in [4.78, 5) is 3.75. The number of rotatable bonds is 3. The van der Waals surface area contributed by atoms with Crippen molar-refractivity contribution in [2.45, 2.75) is 23.8 Å². The minimum Gasteiger partial charge on any atom is -0.244 e. The standard InChI is InChI=1S/C10H11N3O2S/c1-13(8-4-5-8)16(14,15)10-3-2-6-12-9(10)7-11/h2-3,6,8H,4-5H2,1H3. The average molecular weight is 237 g/mol. The molecule has 1 aliphatic rings. The SMILES string of the molecule is CN(C1CC1)S(=O)(=O)c1cccnc1C#N. The molecule has 0 amide bonds. The molecule has 5 nitrogen and oxygen atoms in total. The smallest absolute Gasteiger partial charge is 0.244 e. The fourth-order valence-electron chi connectivity index (χ4n) is 1.47. The number of nitrogens with zero attached hydrogens (tertiary/aromatic N) is 3. The summed E-state index contributed by atoms with van der Waals surface area (Å²) in [6, 6.07) is 4.82. The third-order valence-electron chi connectivity index (χ3n) is 2.59. The van der Waals surface area contributed by atoms with Gasteiger partial charge >= 0.3 is 0 Å². The molecule has 1 saturated carbocycles. The van der Waals surface area contributed by atoms with Crippen LogP contribution in [0.1, 0.15) is 18.5 Å². The second-order valence-corrected chi connectivity index (χ2v) is 5.68. The van der Waals surface area contributed by atoms with Crippen LogP contribution >= 0.6 is 0 Å². The van der Waals surface area contributed by atoms with Crippen LogP contribution in [-0.4, -0.2) is 30.8 Å². The minimum atomic E-state index is -3.57. The molecule has 84 valence electrons. The van der Waals surface area contributed by atoms with E-state index in [0.29, 0.717) is 0 Å². The quantitative estimate of drug-likeness (QED) is 0.777. The Hall–Kier alpha value is -1.45. The number of aromatic nitrogens is 1.